The third-order valence-electron chi connectivity index (χ3n) is 3.86. The van der Waals surface area contributed by atoms with Crippen LogP contribution in [0.2, 0.25) is 0 Å². The van der Waals surface area contributed by atoms with Crippen LogP contribution in [0.4, 0.5) is 11.4 Å². The number of nitrogens with zero attached hydrogens (tertiary/aromatic N) is 2. The molecule has 0 unspecified atom stereocenters. The summed E-state index contributed by atoms with van der Waals surface area (Å²) in [6, 6.07) is 11.5. The fraction of sp³-hybridized carbons (Fsp3) is 0.400. The van der Waals surface area contributed by atoms with E-state index in [2.05, 4.69) is 41.3 Å². The molecule has 5 nitrogen and oxygen atoms in total. The van der Waals surface area contributed by atoms with Gasteiger partial charge in [-0.3, -0.25) is 9.78 Å². The van der Waals surface area contributed by atoms with Gasteiger partial charge in [0, 0.05) is 30.7 Å². The minimum Gasteiger partial charge on any atom is -0.384 e. The Morgan fingerprint density at radius 2 is 1.88 bits per heavy atom. The fourth-order valence-corrected chi connectivity index (χ4v) is 2.52. The number of anilines is 2. The molecule has 0 aliphatic carbocycles. The number of pyridine rings is 1. The van der Waals surface area contributed by atoms with Crippen LogP contribution in [0.1, 0.15) is 36.8 Å². The SMILES string of the molecule is CN(C)CCNc1ccnc(C(=O)Nc2ccccc2C(C)(C)C)c1. The lowest BCUT2D eigenvalue weighted by Gasteiger charge is -2.23. The van der Waals surface area contributed by atoms with E-state index in [1.165, 1.54) is 0 Å². The fourth-order valence-electron chi connectivity index (χ4n) is 2.52. The van der Waals surface area contributed by atoms with E-state index in [-0.39, 0.29) is 11.3 Å². The molecule has 1 aromatic carbocycles. The van der Waals surface area contributed by atoms with E-state index < -0.39 is 0 Å². The Hall–Kier alpha value is -2.40. The Labute approximate surface area is 150 Å². The van der Waals surface area contributed by atoms with Crippen LogP contribution < -0.4 is 10.6 Å². The average Bonchev–Trinajstić information content (AvgIpc) is 2.54. The first-order valence-corrected chi connectivity index (χ1v) is 8.53. The molecule has 2 aromatic rings. The van der Waals surface area contributed by atoms with E-state index in [0.717, 1.165) is 30.0 Å². The van der Waals surface area contributed by atoms with E-state index in [1.807, 2.05) is 44.4 Å². The second-order valence-electron chi connectivity index (χ2n) is 7.41. The Bertz CT molecular complexity index is 720. The summed E-state index contributed by atoms with van der Waals surface area (Å²) in [5.74, 6) is -0.201. The van der Waals surface area contributed by atoms with Gasteiger partial charge in [-0.2, -0.15) is 0 Å². The number of para-hydroxylation sites is 1. The summed E-state index contributed by atoms with van der Waals surface area (Å²) >= 11 is 0. The van der Waals surface area contributed by atoms with Gasteiger partial charge in [0.25, 0.3) is 5.91 Å². The zero-order valence-corrected chi connectivity index (χ0v) is 15.8. The zero-order valence-electron chi connectivity index (χ0n) is 15.8. The van der Waals surface area contributed by atoms with Gasteiger partial charge >= 0.3 is 0 Å². The molecule has 134 valence electrons. The highest BCUT2D eigenvalue weighted by molar-refractivity contribution is 6.03. The van der Waals surface area contributed by atoms with Crippen molar-refractivity contribution >= 4 is 17.3 Å². The van der Waals surface area contributed by atoms with Gasteiger partial charge in [0.2, 0.25) is 0 Å². The maximum absolute atomic E-state index is 12.6. The van der Waals surface area contributed by atoms with Gasteiger partial charge in [-0.15, -0.1) is 0 Å². The molecule has 0 aliphatic heterocycles. The lowest BCUT2D eigenvalue weighted by Crippen LogP contribution is -2.21. The van der Waals surface area contributed by atoms with Crippen LogP contribution in [0.25, 0.3) is 0 Å². The monoisotopic (exact) mass is 340 g/mol. The van der Waals surface area contributed by atoms with Gasteiger partial charge in [0.1, 0.15) is 5.69 Å². The molecule has 1 heterocycles. The highest BCUT2D eigenvalue weighted by Gasteiger charge is 2.19. The molecular formula is C20H28N4O. The molecule has 2 rings (SSSR count). The molecule has 1 aromatic heterocycles. The average molecular weight is 340 g/mol. The number of amides is 1. The predicted molar refractivity (Wildman–Crippen MR) is 104 cm³/mol. The highest BCUT2D eigenvalue weighted by Crippen LogP contribution is 2.29. The maximum Gasteiger partial charge on any atom is 0.274 e. The number of rotatable bonds is 6. The molecule has 0 aliphatic rings. The molecule has 1 amide bonds. The van der Waals surface area contributed by atoms with E-state index >= 15 is 0 Å². The number of nitrogens with one attached hydrogen (secondary N) is 2. The van der Waals surface area contributed by atoms with Gasteiger partial charge in [-0.1, -0.05) is 39.0 Å². The van der Waals surface area contributed by atoms with Crippen molar-refractivity contribution in [3.8, 4) is 0 Å². The van der Waals surface area contributed by atoms with Crippen LogP contribution in [-0.4, -0.2) is 43.0 Å². The lowest BCUT2D eigenvalue weighted by molar-refractivity contribution is 0.102. The molecule has 2 N–H and O–H groups in total. The third kappa shape index (κ3) is 5.57. The smallest absolute Gasteiger partial charge is 0.274 e. The summed E-state index contributed by atoms with van der Waals surface area (Å²) in [7, 11) is 4.06. The van der Waals surface area contributed by atoms with Gasteiger partial charge < -0.3 is 15.5 Å². The first kappa shape index (κ1) is 18.9. The summed E-state index contributed by atoms with van der Waals surface area (Å²) in [4.78, 5) is 18.9. The highest BCUT2D eigenvalue weighted by atomic mass is 16.1. The van der Waals surface area contributed by atoms with Gasteiger partial charge in [0.05, 0.1) is 0 Å². The third-order valence-corrected chi connectivity index (χ3v) is 3.86. The predicted octanol–water partition coefficient (Wildman–Crippen LogP) is 3.60. The van der Waals surface area contributed by atoms with Crippen molar-refractivity contribution < 1.29 is 4.79 Å². The van der Waals surface area contributed by atoms with Crippen molar-refractivity contribution in [1.82, 2.24) is 9.88 Å². The van der Waals surface area contributed by atoms with Crippen molar-refractivity contribution in [3.05, 3.63) is 53.9 Å². The molecule has 0 fully saturated rings. The first-order valence-electron chi connectivity index (χ1n) is 8.53. The molecular weight excluding hydrogens is 312 g/mol. The van der Waals surface area contributed by atoms with Crippen LogP contribution in [0.15, 0.2) is 42.6 Å². The maximum atomic E-state index is 12.6. The van der Waals surface area contributed by atoms with Gasteiger partial charge in [-0.05, 0) is 43.3 Å². The Morgan fingerprint density at radius 1 is 1.16 bits per heavy atom. The summed E-state index contributed by atoms with van der Waals surface area (Å²) in [5.41, 5.74) is 3.17. The molecule has 0 atom stereocenters. The normalized spacial score (nSPS) is 11.4. The number of benzene rings is 1. The molecule has 0 bridgehead atoms. The summed E-state index contributed by atoms with van der Waals surface area (Å²) in [5, 5.41) is 6.31. The molecule has 0 spiro atoms. The second-order valence-corrected chi connectivity index (χ2v) is 7.41. The number of likely N-dealkylation sites (N-methyl/N-ethyl adjacent to an activating group) is 1. The molecule has 25 heavy (non-hydrogen) atoms. The molecule has 0 saturated heterocycles. The Morgan fingerprint density at radius 3 is 2.56 bits per heavy atom. The standard InChI is InChI=1S/C20H28N4O/c1-20(2,3)16-8-6-7-9-17(16)23-19(25)18-14-15(10-11-22-18)21-12-13-24(4)5/h6-11,14H,12-13H2,1-5H3,(H,21,22)(H,23,25). The van der Waals surface area contributed by atoms with Crippen molar-refractivity contribution in [3.63, 3.8) is 0 Å². The topological polar surface area (TPSA) is 57.3 Å². The lowest BCUT2D eigenvalue weighted by atomic mass is 9.86. The van der Waals surface area contributed by atoms with E-state index in [9.17, 15) is 4.79 Å². The molecule has 0 saturated carbocycles. The van der Waals surface area contributed by atoms with Crippen molar-refractivity contribution in [2.24, 2.45) is 0 Å². The van der Waals surface area contributed by atoms with Gasteiger partial charge in [-0.25, -0.2) is 0 Å². The van der Waals surface area contributed by atoms with Crippen LogP contribution in [-0.2, 0) is 5.41 Å². The van der Waals surface area contributed by atoms with Crippen molar-refractivity contribution in [1.29, 1.82) is 0 Å². The summed E-state index contributed by atoms with van der Waals surface area (Å²) < 4.78 is 0. The Balaban J connectivity index is 2.12. The van der Waals surface area contributed by atoms with Crippen LogP contribution in [0.5, 0.6) is 0 Å². The summed E-state index contributed by atoms with van der Waals surface area (Å²) in [6.07, 6.45) is 1.66. The second kappa shape index (κ2) is 8.12. The van der Waals surface area contributed by atoms with Crippen LogP contribution in [0.3, 0.4) is 0 Å². The Kier molecular flexibility index (Phi) is 6.15. The number of aromatic nitrogens is 1. The quantitative estimate of drug-likeness (QED) is 0.843. The van der Waals surface area contributed by atoms with E-state index in [0.29, 0.717) is 5.69 Å². The number of carbonyl (C=O) groups excluding carboxylic acids is 1. The largest absolute Gasteiger partial charge is 0.384 e. The number of carbonyl (C=O) groups is 1. The molecule has 0 radical (unpaired) electrons. The van der Waals surface area contributed by atoms with Crippen LogP contribution in [0, 0.1) is 0 Å². The summed E-state index contributed by atoms with van der Waals surface area (Å²) in [6.45, 7) is 8.12. The van der Waals surface area contributed by atoms with Crippen LogP contribution >= 0.6 is 0 Å². The number of hydrogen-bond donors (Lipinski definition) is 2. The number of hydrogen-bond acceptors (Lipinski definition) is 4. The van der Waals surface area contributed by atoms with E-state index in [1.54, 1.807) is 12.3 Å². The first-order chi connectivity index (χ1) is 11.8. The van der Waals surface area contributed by atoms with Gasteiger partial charge in [0.15, 0.2) is 0 Å². The minimum absolute atomic E-state index is 0.0487. The zero-order chi connectivity index (χ0) is 18.4. The minimum atomic E-state index is -0.201. The van der Waals surface area contributed by atoms with Crippen molar-refractivity contribution in [2.75, 3.05) is 37.8 Å². The van der Waals surface area contributed by atoms with Crippen molar-refractivity contribution in [2.45, 2.75) is 26.2 Å². The molecule has 5 heteroatoms. The van der Waals surface area contributed by atoms with E-state index in [4.69, 9.17) is 0 Å².